The summed E-state index contributed by atoms with van der Waals surface area (Å²) in [5.41, 5.74) is 1.75. The molecule has 2 aromatic rings. The quantitative estimate of drug-likeness (QED) is 0.797. The SMILES string of the molecule is Cc1cc(NC(=O)[C@@H](NC(=O)c2cccs2)C(C)C)ccc1Br. The van der Waals surface area contributed by atoms with E-state index in [2.05, 4.69) is 26.6 Å². The maximum atomic E-state index is 12.5. The van der Waals surface area contributed by atoms with Crippen molar-refractivity contribution in [1.29, 1.82) is 0 Å². The van der Waals surface area contributed by atoms with Crippen LogP contribution in [0.4, 0.5) is 5.69 Å². The second-order valence-corrected chi connectivity index (χ2v) is 7.43. The van der Waals surface area contributed by atoms with Crippen LogP contribution in [0.1, 0.15) is 29.1 Å². The summed E-state index contributed by atoms with van der Waals surface area (Å²) in [6.07, 6.45) is 0. The first kappa shape index (κ1) is 17.7. The van der Waals surface area contributed by atoms with Gasteiger partial charge in [0.1, 0.15) is 6.04 Å². The molecule has 6 heteroatoms. The van der Waals surface area contributed by atoms with E-state index < -0.39 is 6.04 Å². The number of nitrogens with one attached hydrogen (secondary N) is 2. The van der Waals surface area contributed by atoms with Gasteiger partial charge in [-0.3, -0.25) is 9.59 Å². The van der Waals surface area contributed by atoms with E-state index >= 15 is 0 Å². The predicted molar refractivity (Wildman–Crippen MR) is 97.9 cm³/mol. The van der Waals surface area contributed by atoms with Gasteiger partial charge in [-0.15, -0.1) is 11.3 Å². The van der Waals surface area contributed by atoms with Gasteiger partial charge in [0.2, 0.25) is 5.91 Å². The van der Waals surface area contributed by atoms with Crippen LogP contribution in [0.25, 0.3) is 0 Å². The molecule has 1 aromatic heterocycles. The number of halogens is 1. The minimum atomic E-state index is -0.589. The number of anilines is 1. The van der Waals surface area contributed by atoms with Gasteiger partial charge in [0, 0.05) is 10.2 Å². The fourth-order valence-electron chi connectivity index (χ4n) is 2.10. The van der Waals surface area contributed by atoms with E-state index in [4.69, 9.17) is 0 Å². The lowest BCUT2D eigenvalue weighted by Crippen LogP contribution is -2.46. The van der Waals surface area contributed by atoms with Gasteiger partial charge < -0.3 is 10.6 Å². The van der Waals surface area contributed by atoms with Gasteiger partial charge in [-0.05, 0) is 48.1 Å². The van der Waals surface area contributed by atoms with Crippen LogP contribution in [0.2, 0.25) is 0 Å². The monoisotopic (exact) mass is 394 g/mol. The Morgan fingerprint density at radius 1 is 1.22 bits per heavy atom. The first-order valence-corrected chi connectivity index (χ1v) is 8.97. The second kappa shape index (κ2) is 7.75. The lowest BCUT2D eigenvalue weighted by atomic mass is 10.0. The molecule has 4 nitrogen and oxygen atoms in total. The third-order valence-corrected chi connectivity index (χ3v) is 5.16. The van der Waals surface area contributed by atoms with Gasteiger partial charge in [-0.25, -0.2) is 0 Å². The Morgan fingerprint density at radius 3 is 2.52 bits per heavy atom. The summed E-state index contributed by atoms with van der Waals surface area (Å²) in [6.45, 7) is 5.77. The number of aryl methyl sites for hydroxylation is 1. The molecular weight excluding hydrogens is 376 g/mol. The van der Waals surface area contributed by atoms with Crippen LogP contribution in [0.3, 0.4) is 0 Å². The number of benzene rings is 1. The molecule has 0 unspecified atom stereocenters. The van der Waals surface area contributed by atoms with E-state index in [1.54, 1.807) is 6.07 Å². The van der Waals surface area contributed by atoms with Gasteiger partial charge in [0.25, 0.3) is 5.91 Å². The van der Waals surface area contributed by atoms with Crippen molar-refractivity contribution in [3.8, 4) is 0 Å². The number of carbonyl (C=O) groups excluding carboxylic acids is 2. The molecular formula is C17H19BrN2O2S. The molecule has 1 aromatic carbocycles. The smallest absolute Gasteiger partial charge is 0.262 e. The highest BCUT2D eigenvalue weighted by molar-refractivity contribution is 9.10. The molecule has 0 saturated carbocycles. The van der Waals surface area contributed by atoms with Crippen molar-refractivity contribution in [2.75, 3.05) is 5.32 Å². The zero-order valence-electron chi connectivity index (χ0n) is 13.2. The molecule has 23 heavy (non-hydrogen) atoms. The molecule has 0 aliphatic heterocycles. The van der Waals surface area contributed by atoms with Crippen LogP contribution in [0.5, 0.6) is 0 Å². The largest absolute Gasteiger partial charge is 0.339 e. The van der Waals surface area contributed by atoms with Crippen molar-refractivity contribution >= 4 is 44.8 Å². The van der Waals surface area contributed by atoms with Crippen molar-refractivity contribution in [2.45, 2.75) is 26.8 Å². The minimum Gasteiger partial charge on any atom is -0.339 e. The highest BCUT2D eigenvalue weighted by Gasteiger charge is 2.25. The summed E-state index contributed by atoms with van der Waals surface area (Å²) in [7, 11) is 0. The third kappa shape index (κ3) is 4.65. The van der Waals surface area contributed by atoms with E-state index in [0.717, 1.165) is 10.0 Å². The Balaban J connectivity index is 2.09. The average molecular weight is 395 g/mol. The molecule has 2 amide bonds. The summed E-state index contributed by atoms with van der Waals surface area (Å²) in [5, 5.41) is 7.52. The number of carbonyl (C=O) groups is 2. The van der Waals surface area contributed by atoms with E-state index in [-0.39, 0.29) is 17.7 Å². The van der Waals surface area contributed by atoms with Gasteiger partial charge in [0.15, 0.2) is 0 Å². The molecule has 0 radical (unpaired) electrons. The molecule has 0 saturated heterocycles. The van der Waals surface area contributed by atoms with E-state index in [9.17, 15) is 9.59 Å². The van der Waals surface area contributed by atoms with Gasteiger partial charge in [-0.1, -0.05) is 35.8 Å². The summed E-state index contributed by atoms with van der Waals surface area (Å²) in [6, 6.07) is 8.57. The molecule has 0 bridgehead atoms. The van der Waals surface area contributed by atoms with E-state index in [0.29, 0.717) is 10.6 Å². The van der Waals surface area contributed by atoms with Crippen LogP contribution in [0.15, 0.2) is 40.2 Å². The molecule has 2 rings (SSSR count). The van der Waals surface area contributed by atoms with Crippen LogP contribution in [-0.2, 0) is 4.79 Å². The molecule has 0 fully saturated rings. The molecule has 1 atom stereocenters. The number of hydrogen-bond donors (Lipinski definition) is 2. The Morgan fingerprint density at radius 2 is 1.96 bits per heavy atom. The van der Waals surface area contributed by atoms with Gasteiger partial charge in [0.05, 0.1) is 4.88 Å². The standard InChI is InChI=1S/C17H19BrN2O2S/c1-10(2)15(20-16(21)14-5-4-8-23-14)17(22)19-12-6-7-13(18)11(3)9-12/h4-10,15H,1-3H3,(H,19,22)(H,20,21)/t15-/m0/s1. The Bertz CT molecular complexity index is 699. The summed E-state index contributed by atoms with van der Waals surface area (Å²) in [5.74, 6) is -0.456. The van der Waals surface area contributed by atoms with Crippen LogP contribution in [-0.4, -0.2) is 17.9 Å². The minimum absolute atomic E-state index is 0.0181. The van der Waals surface area contributed by atoms with Gasteiger partial charge in [-0.2, -0.15) is 0 Å². The molecule has 122 valence electrons. The van der Waals surface area contributed by atoms with Crippen molar-refractivity contribution in [2.24, 2.45) is 5.92 Å². The lowest BCUT2D eigenvalue weighted by molar-refractivity contribution is -0.118. The molecule has 1 heterocycles. The molecule has 0 spiro atoms. The normalized spacial score (nSPS) is 12.0. The molecule has 0 aliphatic rings. The third-order valence-electron chi connectivity index (χ3n) is 3.41. The fourth-order valence-corrected chi connectivity index (χ4v) is 2.97. The first-order valence-electron chi connectivity index (χ1n) is 7.30. The second-order valence-electron chi connectivity index (χ2n) is 5.63. The Kier molecular flexibility index (Phi) is 5.96. The van der Waals surface area contributed by atoms with E-state index in [1.165, 1.54) is 11.3 Å². The fraction of sp³-hybridized carbons (Fsp3) is 0.294. The summed E-state index contributed by atoms with van der Waals surface area (Å²) < 4.78 is 0.988. The highest BCUT2D eigenvalue weighted by Crippen LogP contribution is 2.20. The topological polar surface area (TPSA) is 58.2 Å². The first-order chi connectivity index (χ1) is 10.9. The number of hydrogen-bond acceptors (Lipinski definition) is 3. The number of thiophene rings is 1. The van der Waals surface area contributed by atoms with Crippen molar-refractivity contribution in [1.82, 2.24) is 5.32 Å². The maximum absolute atomic E-state index is 12.5. The van der Waals surface area contributed by atoms with Crippen molar-refractivity contribution in [3.63, 3.8) is 0 Å². The van der Waals surface area contributed by atoms with Crippen molar-refractivity contribution < 1.29 is 9.59 Å². The number of rotatable bonds is 5. The Hall–Kier alpha value is -1.66. The Labute approximate surface area is 148 Å². The predicted octanol–water partition coefficient (Wildman–Crippen LogP) is 4.21. The number of amides is 2. The maximum Gasteiger partial charge on any atom is 0.262 e. The zero-order chi connectivity index (χ0) is 17.0. The zero-order valence-corrected chi connectivity index (χ0v) is 15.6. The highest BCUT2D eigenvalue weighted by atomic mass is 79.9. The summed E-state index contributed by atoms with van der Waals surface area (Å²) in [4.78, 5) is 25.3. The molecule has 0 aliphatic carbocycles. The van der Waals surface area contributed by atoms with Crippen molar-refractivity contribution in [3.05, 3.63) is 50.6 Å². The molecule has 2 N–H and O–H groups in total. The lowest BCUT2D eigenvalue weighted by Gasteiger charge is -2.21. The van der Waals surface area contributed by atoms with Crippen LogP contribution in [0, 0.1) is 12.8 Å². The summed E-state index contributed by atoms with van der Waals surface area (Å²) >= 11 is 4.79. The van der Waals surface area contributed by atoms with Crippen LogP contribution >= 0.6 is 27.3 Å². The average Bonchev–Trinajstić information content (AvgIpc) is 3.02. The van der Waals surface area contributed by atoms with Gasteiger partial charge >= 0.3 is 0 Å². The van der Waals surface area contributed by atoms with Crippen LogP contribution < -0.4 is 10.6 Å². The van der Waals surface area contributed by atoms with E-state index in [1.807, 2.05) is 50.4 Å².